The molecule has 3 nitrogen and oxygen atoms in total. The standard InChI is InChI=1S/C10H7N3/c1-2-9-8(3-4-12-9)10-7(1)5-11-6-13-10/h1-6,12H/p+1. The van der Waals surface area contributed by atoms with E-state index in [9.17, 15) is 0 Å². The first-order chi connectivity index (χ1) is 6.45. The Kier molecular flexibility index (Phi) is 1.16. The van der Waals surface area contributed by atoms with Gasteiger partial charge in [0.15, 0.2) is 5.52 Å². The molecule has 1 aromatic carbocycles. The minimum absolute atomic E-state index is 1.04. The largest absolute Gasteiger partial charge is 0.361 e. The summed E-state index contributed by atoms with van der Waals surface area (Å²) in [5, 5.41) is 2.31. The molecule has 0 amide bonds. The van der Waals surface area contributed by atoms with E-state index >= 15 is 0 Å². The summed E-state index contributed by atoms with van der Waals surface area (Å²) < 4.78 is 0. The van der Waals surface area contributed by atoms with E-state index in [1.807, 2.05) is 18.5 Å². The van der Waals surface area contributed by atoms with E-state index in [1.54, 1.807) is 6.33 Å². The molecule has 0 aliphatic rings. The molecule has 2 N–H and O–H groups in total. The summed E-state index contributed by atoms with van der Waals surface area (Å²) in [6.45, 7) is 0. The van der Waals surface area contributed by atoms with Crippen molar-refractivity contribution in [3.05, 3.63) is 36.9 Å². The second-order valence-electron chi connectivity index (χ2n) is 3.01. The smallest absolute Gasteiger partial charge is 0.284 e. The van der Waals surface area contributed by atoms with Gasteiger partial charge in [-0.1, -0.05) is 0 Å². The molecular weight excluding hydrogens is 162 g/mol. The third kappa shape index (κ3) is 0.839. The maximum Gasteiger partial charge on any atom is 0.284 e. The molecule has 13 heavy (non-hydrogen) atoms. The highest BCUT2D eigenvalue weighted by atomic mass is 14.8. The van der Waals surface area contributed by atoms with E-state index < -0.39 is 0 Å². The molecule has 0 spiro atoms. The number of rotatable bonds is 0. The van der Waals surface area contributed by atoms with Crippen molar-refractivity contribution in [1.82, 2.24) is 9.97 Å². The van der Waals surface area contributed by atoms with Gasteiger partial charge in [0.1, 0.15) is 0 Å². The molecule has 0 radical (unpaired) electrons. The number of benzene rings is 1. The van der Waals surface area contributed by atoms with Gasteiger partial charge in [-0.05, 0) is 23.2 Å². The topological polar surface area (TPSA) is 42.8 Å². The second-order valence-corrected chi connectivity index (χ2v) is 3.01. The highest BCUT2D eigenvalue weighted by molar-refractivity contribution is 6.03. The summed E-state index contributed by atoms with van der Waals surface area (Å²) >= 11 is 0. The minimum atomic E-state index is 1.04. The van der Waals surface area contributed by atoms with Gasteiger partial charge >= 0.3 is 0 Å². The predicted molar refractivity (Wildman–Crippen MR) is 50.2 cm³/mol. The van der Waals surface area contributed by atoms with Crippen LogP contribution in [0.4, 0.5) is 0 Å². The van der Waals surface area contributed by atoms with Crippen LogP contribution >= 0.6 is 0 Å². The molecule has 3 rings (SSSR count). The molecule has 0 aliphatic carbocycles. The number of nitrogens with zero attached hydrogens (tertiary/aromatic N) is 1. The van der Waals surface area contributed by atoms with Crippen LogP contribution in [0.2, 0.25) is 0 Å². The number of hydrogen-bond donors (Lipinski definition) is 1. The highest BCUT2D eigenvalue weighted by Crippen LogP contribution is 2.20. The Labute approximate surface area is 74.4 Å². The zero-order valence-corrected chi connectivity index (χ0v) is 6.91. The fourth-order valence-electron chi connectivity index (χ4n) is 1.62. The molecule has 3 heteroatoms. The van der Waals surface area contributed by atoms with Crippen molar-refractivity contribution in [2.24, 2.45) is 0 Å². The van der Waals surface area contributed by atoms with Crippen LogP contribution in [0.5, 0.6) is 0 Å². The molecule has 0 bridgehead atoms. The van der Waals surface area contributed by atoms with Gasteiger partial charge in [0.2, 0.25) is 0 Å². The van der Waals surface area contributed by atoms with Gasteiger partial charge < -0.3 is 4.98 Å². The van der Waals surface area contributed by atoms with Crippen LogP contribution in [0.1, 0.15) is 0 Å². The lowest BCUT2D eigenvalue weighted by Gasteiger charge is -1.90. The molecule has 0 unspecified atom stereocenters. The van der Waals surface area contributed by atoms with Crippen molar-refractivity contribution in [2.75, 3.05) is 0 Å². The number of nitrogens with one attached hydrogen (secondary N) is 2. The summed E-state index contributed by atoms with van der Waals surface area (Å²) in [5.41, 5.74) is 2.17. The maximum atomic E-state index is 4.31. The Hall–Kier alpha value is -1.90. The van der Waals surface area contributed by atoms with E-state index in [2.05, 4.69) is 27.1 Å². The van der Waals surface area contributed by atoms with E-state index in [0.717, 1.165) is 16.4 Å². The van der Waals surface area contributed by atoms with Crippen molar-refractivity contribution < 1.29 is 4.98 Å². The van der Waals surface area contributed by atoms with Crippen LogP contribution < -0.4 is 4.98 Å². The van der Waals surface area contributed by atoms with Gasteiger partial charge in [0.05, 0.1) is 17.0 Å². The first-order valence-corrected chi connectivity index (χ1v) is 4.17. The molecule has 2 heterocycles. The van der Waals surface area contributed by atoms with Gasteiger partial charge in [0, 0.05) is 11.7 Å². The molecule has 3 aromatic rings. The molecule has 62 valence electrons. The van der Waals surface area contributed by atoms with Gasteiger partial charge in [-0.25, -0.2) is 4.98 Å². The second kappa shape index (κ2) is 2.29. The molecule has 0 atom stereocenters. The molecule has 0 aliphatic heterocycles. The molecule has 0 saturated heterocycles. The number of aromatic nitrogens is 3. The minimum Gasteiger partial charge on any atom is -0.361 e. The third-order valence-electron chi connectivity index (χ3n) is 2.24. The summed E-state index contributed by atoms with van der Waals surface area (Å²) in [4.78, 5) is 10.4. The van der Waals surface area contributed by atoms with E-state index in [0.29, 0.717) is 0 Å². The molecule has 0 fully saturated rings. The number of hydrogen-bond acceptors (Lipinski definition) is 1. The lowest BCUT2D eigenvalue weighted by molar-refractivity contribution is -0.380. The first kappa shape index (κ1) is 6.60. The molecule has 0 saturated carbocycles. The van der Waals surface area contributed by atoms with Gasteiger partial charge in [0.25, 0.3) is 6.33 Å². The van der Waals surface area contributed by atoms with E-state index in [-0.39, 0.29) is 0 Å². The highest BCUT2D eigenvalue weighted by Gasteiger charge is 2.05. The number of aromatic amines is 2. The van der Waals surface area contributed by atoms with Gasteiger partial charge in [-0.2, -0.15) is 0 Å². The van der Waals surface area contributed by atoms with Crippen molar-refractivity contribution in [1.29, 1.82) is 0 Å². The SMILES string of the molecule is c1cc2c(ccc3c[nH+]cnc32)[nH]1. The Morgan fingerprint density at radius 3 is 3.23 bits per heavy atom. The fourth-order valence-corrected chi connectivity index (χ4v) is 1.62. The lowest BCUT2D eigenvalue weighted by Crippen LogP contribution is -2.00. The van der Waals surface area contributed by atoms with Crippen molar-refractivity contribution in [2.45, 2.75) is 0 Å². The summed E-state index contributed by atoms with van der Waals surface area (Å²) in [6, 6.07) is 6.16. The summed E-state index contributed by atoms with van der Waals surface area (Å²) in [7, 11) is 0. The Bertz CT molecular complexity index is 568. The Morgan fingerprint density at radius 2 is 2.23 bits per heavy atom. The van der Waals surface area contributed by atoms with E-state index in [1.165, 1.54) is 5.39 Å². The Morgan fingerprint density at radius 1 is 1.23 bits per heavy atom. The summed E-state index contributed by atoms with van der Waals surface area (Å²) in [5.74, 6) is 0. The van der Waals surface area contributed by atoms with Crippen molar-refractivity contribution in [3.63, 3.8) is 0 Å². The average Bonchev–Trinajstić information content (AvgIpc) is 2.65. The van der Waals surface area contributed by atoms with Crippen LogP contribution in [0, 0.1) is 0 Å². The Balaban J connectivity index is 2.65. The normalized spacial score (nSPS) is 11.1. The number of fused-ring (bicyclic) bond motifs is 3. The summed E-state index contributed by atoms with van der Waals surface area (Å²) in [6.07, 6.45) is 5.59. The fraction of sp³-hybridized carbons (Fsp3) is 0. The van der Waals surface area contributed by atoms with Crippen LogP contribution in [-0.4, -0.2) is 9.97 Å². The predicted octanol–water partition coefficient (Wildman–Crippen LogP) is 1.53. The van der Waals surface area contributed by atoms with Crippen LogP contribution in [0.15, 0.2) is 36.9 Å². The monoisotopic (exact) mass is 170 g/mol. The average molecular weight is 170 g/mol. The van der Waals surface area contributed by atoms with Crippen molar-refractivity contribution in [3.8, 4) is 0 Å². The third-order valence-corrected chi connectivity index (χ3v) is 2.24. The quantitative estimate of drug-likeness (QED) is 0.546. The van der Waals surface area contributed by atoms with E-state index in [4.69, 9.17) is 0 Å². The zero-order chi connectivity index (χ0) is 8.67. The van der Waals surface area contributed by atoms with Crippen LogP contribution in [0.25, 0.3) is 21.8 Å². The lowest BCUT2D eigenvalue weighted by atomic mass is 10.2. The number of H-pyrrole nitrogens is 2. The van der Waals surface area contributed by atoms with Crippen LogP contribution in [0.3, 0.4) is 0 Å². The molecular formula is C10H8N3+. The van der Waals surface area contributed by atoms with Crippen LogP contribution in [-0.2, 0) is 0 Å². The van der Waals surface area contributed by atoms with Gasteiger partial charge in [-0.3, -0.25) is 0 Å². The molecule has 2 aromatic heterocycles. The zero-order valence-electron chi connectivity index (χ0n) is 6.91. The maximum absolute atomic E-state index is 4.31. The van der Waals surface area contributed by atoms with Gasteiger partial charge in [-0.15, -0.1) is 0 Å². The van der Waals surface area contributed by atoms with Crippen molar-refractivity contribution >= 4 is 21.8 Å². The first-order valence-electron chi connectivity index (χ1n) is 4.17.